The maximum atomic E-state index is 11.3. The summed E-state index contributed by atoms with van der Waals surface area (Å²) < 4.78 is 0. The monoisotopic (exact) mass is 348 g/mol. The van der Waals surface area contributed by atoms with Crippen LogP contribution in [0.15, 0.2) is 36.7 Å². The zero-order valence-corrected chi connectivity index (χ0v) is 14.8. The van der Waals surface area contributed by atoms with Crippen LogP contribution in [0, 0.1) is 0 Å². The minimum absolute atomic E-state index is 0.272. The molecule has 3 aromatic rings. The van der Waals surface area contributed by atoms with Crippen LogP contribution >= 0.6 is 0 Å². The fraction of sp³-hybridized carbons (Fsp3) is 0.300. The molecule has 0 saturated carbocycles. The van der Waals surface area contributed by atoms with Crippen molar-refractivity contribution in [1.29, 1.82) is 0 Å². The van der Waals surface area contributed by atoms with E-state index in [0.29, 0.717) is 12.5 Å². The van der Waals surface area contributed by atoms with Gasteiger partial charge >= 0.3 is 5.97 Å². The molecule has 0 unspecified atom stereocenters. The van der Waals surface area contributed by atoms with E-state index in [4.69, 9.17) is 4.98 Å². The lowest BCUT2D eigenvalue weighted by molar-refractivity contribution is 0.0697. The van der Waals surface area contributed by atoms with Crippen molar-refractivity contribution in [2.75, 3.05) is 11.4 Å². The Bertz CT molecular complexity index is 1000. The summed E-state index contributed by atoms with van der Waals surface area (Å²) in [6.07, 6.45) is 4.54. The number of carbonyl (C=O) groups is 1. The van der Waals surface area contributed by atoms with E-state index in [1.54, 1.807) is 24.4 Å². The Labute approximate surface area is 151 Å². The lowest BCUT2D eigenvalue weighted by Crippen LogP contribution is -2.31. The van der Waals surface area contributed by atoms with Crippen LogP contribution in [-0.4, -0.2) is 32.6 Å². The Morgan fingerprint density at radius 3 is 2.85 bits per heavy atom. The largest absolute Gasteiger partial charge is 0.478 e. The first-order chi connectivity index (χ1) is 12.5. The van der Waals surface area contributed by atoms with Crippen LogP contribution in [0.5, 0.6) is 0 Å². The number of carboxylic acids is 1. The van der Waals surface area contributed by atoms with E-state index >= 15 is 0 Å². The van der Waals surface area contributed by atoms with Crippen molar-refractivity contribution in [3.05, 3.63) is 59.3 Å². The van der Waals surface area contributed by atoms with Crippen LogP contribution in [0.1, 0.15) is 47.2 Å². The van der Waals surface area contributed by atoms with E-state index in [9.17, 15) is 9.90 Å². The first-order valence-corrected chi connectivity index (χ1v) is 8.74. The van der Waals surface area contributed by atoms with Gasteiger partial charge in [-0.1, -0.05) is 13.8 Å². The minimum Gasteiger partial charge on any atom is -0.478 e. The first kappa shape index (κ1) is 16.4. The molecule has 0 radical (unpaired) electrons. The minimum atomic E-state index is -0.930. The highest BCUT2D eigenvalue weighted by atomic mass is 16.4. The van der Waals surface area contributed by atoms with Crippen LogP contribution < -0.4 is 4.90 Å². The predicted molar refractivity (Wildman–Crippen MR) is 99.6 cm³/mol. The van der Waals surface area contributed by atoms with Gasteiger partial charge in [-0.2, -0.15) is 0 Å². The number of hydrogen-bond donors (Lipinski definition) is 1. The zero-order valence-electron chi connectivity index (χ0n) is 14.8. The van der Waals surface area contributed by atoms with E-state index in [2.05, 4.69) is 28.7 Å². The number of aromatic nitrogens is 3. The molecule has 132 valence electrons. The number of carboxylic acid groups (broad SMARTS) is 1. The number of fused-ring (bicyclic) bond motifs is 2. The lowest BCUT2D eigenvalue weighted by Gasteiger charge is -2.31. The van der Waals surface area contributed by atoms with Crippen LogP contribution in [-0.2, 0) is 13.0 Å². The van der Waals surface area contributed by atoms with Crippen molar-refractivity contribution < 1.29 is 9.90 Å². The van der Waals surface area contributed by atoms with E-state index < -0.39 is 5.97 Å². The molecular formula is C20H20N4O2. The summed E-state index contributed by atoms with van der Waals surface area (Å²) in [7, 11) is 0. The summed E-state index contributed by atoms with van der Waals surface area (Å²) in [5, 5.41) is 10.2. The van der Waals surface area contributed by atoms with Gasteiger partial charge in [0.25, 0.3) is 0 Å². The Morgan fingerprint density at radius 2 is 2.08 bits per heavy atom. The summed E-state index contributed by atoms with van der Waals surface area (Å²) in [6, 6.07) is 7.00. The van der Waals surface area contributed by atoms with E-state index in [0.717, 1.165) is 46.6 Å². The second-order valence-electron chi connectivity index (χ2n) is 6.89. The summed E-state index contributed by atoms with van der Waals surface area (Å²) in [5.41, 5.74) is 4.31. The Hall–Kier alpha value is -3.02. The van der Waals surface area contributed by atoms with Crippen molar-refractivity contribution in [2.24, 2.45) is 0 Å². The highest BCUT2D eigenvalue weighted by molar-refractivity contribution is 5.98. The van der Waals surface area contributed by atoms with Crippen molar-refractivity contribution in [1.82, 2.24) is 15.0 Å². The van der Waals surface area contributed by atoms with Crippen molar-refractivity contribution in [3.8, 4) is 0 Å². The van der Waals surface area contributed by atoms with Gasteiger partial charge in [0.2, 0.25) is 0 Å². The smallest absolute Gasteiger partial charge is 0.335 e. The normalized spacial score (nSPS) is 13.9. The van der Waals surface area contributed by atoms with Gasteiger partial charge in [0.05, 0.1) is 16.8 Å². The second-order valence-corrected chi connectivity index (χ2v) is 6.89. The van der Waals surface area contributed by atoms with Gasteiger partial charge < -0.3 is 10.0 Å². The maximum absolute atomic E-state index is 11.3. The lowest BCUT2D eigenvalue weighted by atomic mass is 10.0. The van der Waals surface area contributed by atoms with Crippen LogP contribution in [0.2, 0.25) is 0 Å². The third-order valence-corrected chi connectivity index (χ3v) is 4.78. The third-order valence-electron chi connectivity index (χ3n) is 4.78. The van der Waals surface area contributed by atoms with Gasteiger partial charge in [-0.3, -0.25) is 4.98 Å². The summed E-state index contributed by atoms with van der Waals surface area (Å²) >= 11 is 0. The number of aromatic carboxylic acids is 1. The van der Waals surface area contributed by atoms with E-state index in [1.165, 1.54) is 0 Å². The van der Waals surface area contributed by atoms with Crippen molar-refractivity contribution >= 4 is 22.6 Å². The molecule has 1 aromatic carbocycles. The van der Waals surface area contributed by atoms with Gasteiger partial charge in [-0.25, -0.2) is 14.8 Å². The summed E-state index contributed by atoms with van der Waals surface area (Å²) in [6.45, 7) is 5.74. The first-order valence-electron chi connectivity index (χ1n) is 8.74. The van der Waals surface area contributed by atoms with E-state index in [-0.39, 0.29) is 5.56 Å². The Kier molecular flexibility index (Phi) is 4.03. The standard InChI is InChI=1S/C20H20N4O2/c1-12(2)19-22-10-14-11-24(8-6-16(14)23-19)18-5-7-21-17-4-3-13(20(25)26)9-15(17)18/h3-5,7,9-10,12H,6,8,11H2,1-2H3,(H,25,26). The molecule has 6 nitrogen and oxygen atoms in total. The molecular weight excluding hydrogens is 328 g/mol. The van der Waals surface area contributed by atoms with Gasteiger partial charge in [-0.15, -0.1) is 0 Å². The SMILES string of the molecule is CC(C)c1ncc2c(n1)CCN(c1ccnc3ccc(C(=O)O)cc13)C2. The molecule has 1 N–H and O–H groups in total. The molecule has 4 rings (SSSR count). The third kappa shape index (κ3) is 2.87. The summed E-state index contributed by atoms with van der Waals surface area (Å²) in [4.78, 5) is 27.2. The van der Waals surface area contributed by atoms with Gasteiger partial charge in [0, 0.05) is 54.5 Å². The van der Waals surface area contributed by atoms with Crippen LogP contribution in [0.4, 0.5) is 5.69 Å². The predicted octanol–water partition coefficient (Wildman–Crippen LogP) is 3.41. The molecule has 3 heterocycles. The number of pyridine rings is 1. The fourth-order valence-corrected chi connectivity index (χ4v) is 3.36. The van der Waals surface area contributed by atoms with Crippen molar-refractivity contribution in [3.63, 3.8) is 0 Å². The molecule has 2 aromatic heterocycles. The maximum Gasteiger partial charge on any atom is 0.335 e. The Balaban J connectivity index is 1.72. The molecule has 1 aliphatic rings. The van der Waals surface area contributed by atoms with E-state index in [1.807, 2.05) is 12.3 Å². The molecule has 26 heavy (non-hydrogen) atoms. The topological polar surface area (TPSA) is 79.2 Å². The summed E-state index contributed by atoms with van der Waals surface area (Å²) in [5.74, 6) is 0.273. The number of benzene rings is 1. The van der Waals surface area contributed by atoms with Crippen molar-refractivity contribution in [2.45, 2.75) is 32.7 Å². The van der Waals surface area contributed by atoms with Gasteiger partial charge in [-0.05, 0) is 24.3 Å². The zero-order chi connectivity index (χ0) is 18.3. The highest BCUT2D eigenvalue weighted by Gasteiger charge is 2.21. The van der Waals surface area contributed by atoms with Gasteiger partial charge in [0.1, 0.15) is 5.82 Å². The highest BCUT2D eigenvalue weighted by Crippen LogP contribution is 2.30. The number of anilines is 1. The average molecular weight is 348 g/mol. The Morgan fingerprint density at radius 1 is 1.23 bits per heavy atom. The molecule has 0 atom stereocenters. The fourth-order valence-electron chi connectivity index (χ4n) is 3.36. The molecule has 0 saturated heterocycles. The number of rotatable bonds is 3. The molecule has 6 heteroatoms. The molecule has 1 aliphatic heterocycles. The second kappa shape index (κ2) is 6.37. The van der Waals surface area contributed by atoms with Gasteiger partial charge in [0.15, 0.2) is 0 Å². The van der Waals surface area contributed by atoms with Crippen LogP contribution in [0.25, 0.3) is 10.9 Å². The average Bonchev–Trinajstić information content (AvgIpc) is 2.66. The number of hydrogen-bond acceptors (Lipinski definition) is 5. The molecule has 0 fully saturated rings. The molecule has 0 aliphatic carbocycles. The molecule has 0 amide bonds. The molecule has 0 bridgehead atoms. The number of nitrogens with zero attached hydrogens (tertiary/aromatic N) is 4. The van der Waals surface area contributed by atoms with Crippen LogP contribution in [0.3, 0.4) is 0 Å². The quantitative estimate of drug-likeness (QED) is 0.781. The molecule has 0 spiro atoms.